The van der Waals surface area contributed by atoms with Gasteiger partial charge in [0.25, 0.3) is 0 Å². The van der Waals surface area contributed by atoms with Gasteiger partial charge in [-0.15, -0.1) is 5.10 Å². The number of hydrogen-bond acceptors (Lipinski definition) is 4. The minimum absolute atomic E-state index is 0.000602. The van der Waals surface area contributed by atoms with Gasteiger partial charge in [0.15, 0.2) is 0 Å². The number of aryl methyl sites for hydroxylation is 1. The monoisotopic (exact) mass is 209 g/mol. The van der Waals surface area contributed by atoms with Crippen LogP contribution in [-0.4, -0.2) is 21.5 Å². The Morgan fingerprint density at radius 1 is 1.53 bits per heavy atom. The van der Waals surface area contributed by atoms with E-state index in [-0.39, 0.29) is 6.04 Å². The predicted molar refractivity (Wildman–Crippen MR) is 59.5 cm³/mol. The lowest BCUT2D eigenvalue weighted by Crippen LogP contribution is -2.21. The number of hydrogen-bond donors (Lipinski definition) is 2. The maximum absolute atomic E-state index is 6.11. The van der Waals surface area contributed by atoms with Gasteiger partial charge in [-0.2, -0.15) is 0 Å². The molecule has 1 aliphatic rings. The van der Waals surface area contributed by atoms with E-state index in [4.69, 9.17) is 5.73 Å². The zero-order chi connectivity index (χ0) is 10.8. The molecule has 1 aromatic rings. The molecule has 0 amide bonds. The van der Waals surface area contributed by atoms with Crippen LogP contribution in [0.5, 0.6) is 0 Å². The summed E-state index contributed by atoms with van der Waals surface area (Å²) in [7, 11) is 0. The van der Waals surface area contributed by atoms with Crippen molar-refractivity contribution < 1.29 is 0 Å². The van der Waals surface area contributed by atoms with E-state index in [1.54, 1.807) is 0 Å². The van der Waals surface area contributed by atoms with E-state index in [1.165, 1.54) is 0 Å². The zero-order valence-corrected chi connectivity index (χ0v) is 9.40. The van der Waals surface area contributed by atoms with E-state index in [9.17, 15) is 0 Å². The number of nitrogens with zero attached hydrogens (tertiary/aromatic N) is 3. The lowest BCUT2D eigenvalue weighted by atomic mass is 10.0. The average molecular weight is 209 g/mol. The molecule has 0 fully saturated rings. The first-order valence-corrected chi connectivity index (χ1v) is 5.61. The fourth-order valence-corrected chi connectivity index (χ4v) is 1.97. The van der Waals surface area contributed by atoms with Crippen molar-refractivity contribution in [2.24, 2.45) is 11.7 Å². The summed E-state index contributed by atoms with van der Waals surface area (Å²) < 4.78 is 1.92. The van der Waals surface area contributed by atoms with Crippen LogP contribution in [0.1, 0.15) is 38.4 Å². The smallest absolute Gasteiger partial charge is 0.149 e. The molecule has 5 heteroatoms. The molecule has 0 spiro atoms. The van der Waals surface area contributed by atoms with E-state index in [0.29, 0.717) is 5.92 Å². The number of nitrogens with two attached hydrogens (primary N) is 1. The van der Waals surface area contributed by atoms with Crippen LogP contribution in [0.2, 0.25) is 0 Å². The Morgan fingerprint density at radius 2 is 2.33 bits per heavy atom. The Kier molecular flexibility index (Phi) is 2.90. The van der Waals surface area contributed by atoms with Crippen molar-refractivity contribution >= 4 is 5.82 Å². The molecule has 0 saturated carbocycles. The molecule has 1 unspecified atom stereocenters. The van der Waals surface area contributed by atoms with E-state index >= 15 is 0 Å². The van der Waals surface area contributed by atoms with Gasteiger partial charge < -0.3 is 11.1 Å². The number of fused-ring (bicyclic) bond motifs is 1. The Hall–Kier alpha value is -1.10. The lowest BCUT2D eigenvalue weighted by Gasteiger charge is -2.18. The summed E-state index contributed by atoms with van der Waals surface area (Å²) in [4.78, 5) is 0. The molecule has 0 saturated heterocycles. The van der Waals surface area contributed by atoms with Gasteiger partial charge in [0, 0.05) is 13.1 Å². The largest absolute Gasteiger partial charge is 0.369 e. The summed E-state index contributed by atoms with van der Waals surface area (Å²) in [5.41, 5.74) is 7.03. The van der Waals surface area contributed by atoms with Gasteiger partial charge in [0.05, 0.1) is 6.04 Å². The van der Waals surface area contributed by atoms with Crippen molar-refractivity contribution in [3.63, 3.8) is 0 Å². The summed E-state index contributed by atoms with van der Waals surface area (Å²) >= 11 is 0. The fraction of sp³-hybridized carbons (Fsp3) is 0.800. The quantitative estimate of drug-likeness (QED) is 0.783. The number of aromatic nitrogens is 3. The second kappa shape index (κ2) is 4.18. The van der Waals surface area contributed by atoms with E-state index in [0.717, 1.165) is 37.4 Å². The predicted octanol–water partition coefficient (Wildman–Crippen LogP) is 1.14. The Balaban J connectivity index is 2.17. The number of anilines is 1. The first kappa shape index (κ1) is 10.4. The van der Waals surface area contributed by atoms with Crippen LogP contribution >= 0.6 is 0 Å². The van der Waals surface area contributed by atoms with Crippen molar-refractivity contribution in [1.29, 1.82) is 0 Å². The molecule has 0 aliphatic carbocycles. The first-order valence-electron chi connectivity index (χ1n) is 5.61. The van der Waals surface area contributed by atoms with Gasteiger partial charge in [-0.05, 0) is 18.8 Å². The van der Waals surface area contributed by atoms with Crippen molar-refractivity contribution in [3.05, 3.63) is 5.69 Å². The molecule has 84 valence electrons. The molecule has 0 aromatic carbocycles. The number of rotatable bonds is 3. The van der Waals surface area contributed by atoms with E-state index in [2.05, 4.69) is 29.5 Å². The maximum Gasteiger partial charge on any atom is 0.149 e. The molecule has 1 atom stereocenters. The molecule has 1 aromatic heterocycles. The SMILES string of the molecule is CC(C)CC(N)c1nnn2c1NCCC2. The molecule has 15 heavy (non-hydrogen) atoms. The lowest BCUT2D eigenvalue weighted by molar-refractivity contribution is 0.502. The minimum atomic E-state index is -0.000602. The molecule has 1 aliphatic heterocycles. The third kappa shape index (κ3) is 2.12. The minimum Gasteiger partial charge on any atom is -0.369 e. The molecular formula is C10H19N5. The van der Waals surface area contributed by atoms with Gasteiger partial charge >= 0.3 is 0 Å². The molecule has 2 rings (SSSR count). The van der Waals surface area contributed by atoms with Gasteiger partial charge in [-0.1, -0.05) is 19.1 Å². The summed E-state index contributed by atoms with van der Waals surface area (Å²) in [6, 6.07) is -0.000602. The van der Waals surface area contributed by atoms with Gasteiger partial charge in [-0.3, -0.25) is 0 Å². The second-order valence-electron chi connectivity index (χ2n) is 4.56. The van der Waals surface area contributed by atoms with Crippen molar-refractivity contribution in [2.45, 2.75) is 39.3 Å². The third-order valence-corrected chi connectivity index (χ3v) is 2.68. The molecule has 3 N–H and O–H groups in total. The van der Waals surface area contributed by atoms with Crippen molar-refractivity contribution in [3.8, 4) is 0 Å². The Bertz CT molecular complexity index is 331. The van der Waals surface area contributed by atoms with Crippen LogP contribution in [0.25, 0.3) is 0 Å². The summed E-state index contributed by atoms with van der Waals surface area (Å²) in [6.45, 7) is 6.28. The van der Waals surface area contributed by atoms with Crippen LogP contribution in [0.3, 0.4) is 0 Å². The highest BCUT2D eigenvalue weighted by molar-refractivity contribution is 5.42. The summed E-state index contributed by atoms with van der Waals surface area (Å²) in [6.07, 6.45) is 2.06. The molecule has 5 nitrogen and oxygen atoms in total. The normalized spacial score (nSPS) is 17.3. The van der Waals surface area contributed by atoms with Crippen LogP contribution in [0.15, 0.2) is 0 Å². The van der Waals surface area contributed by atoms with Crippen LogP contribution in [0, 0.1) is 5.92 Å². The Labute approximate surface area is 90.0 Å². The first-order chi connectivity index (χ1) is 7.18. The van der Waals surface area contributed by atoms with Crippen molar-refractivity contribution in [2.75, 3.05) is 11.9 Å². The summed E-state index contributed by atoms with van der Waals surface area (Å²) in [5, 5.41) is 11.6. The summed E-state index contributed by atoms with van der Waals surface area (Å²) in [5.74, 6) is 1.61. The standard InChI is InChI=1S/C10H19N5/c1-7(2)6-8(11)9-10-12-4-3-5-15(10)14-13-9/h7-8,12H,3-6,11H2,1-2H3. The molecular weight excluding hydrogens is 190 g/mol. The van der Waals surface area contributed by atoms with Crippen LogP contribution in [-0.2, 0) is 6.54 Å². The fourth-order valence-electron chi connectivity index (χ4n) is 1.97. The molecule has 2 heterocycles. The van der Waals surface area contributed by atoms with Gasteiger partial charge in [0.1, 0.15) is 11.5 Å². The second-order valence-corrected chi connectivity index (χ2v) is 4.56. The highest BCUT2D eigenvalue weighted by Crippen LogP contribution is 2.25. The Morgan fingerprint density at radius 3 is 3.07 bits per heavy atom. The molecule has 0 bridgehead atoms. The maximum atomic E-state index is 6.11. The van der Waals surface area contributed by atoms with Gasteiger partial charge in [-0.25, -0.2) is 4.68 Å². The molecule has 0 radical (unpaired) electrons. The highest BCUT2D eigenvalue weighted by atomic mass is 15.5. The van der Waals surface area contributed by atoms with E-state index < -0.39 is 0 Å². The third-order valence-electron chi connectivity index (χ3n) is 2.68. The van der Waals surface area contributed by atoms with Crippen LogP contribution in [0.4, 0.5) is 5.82 Å². The topological polar surface area (TPSA) is 68.8 Å². The van der Waals surface area contributed by atoms with Crippen molar-refractivity contribution in [1.82, 2.24) is 15.0 Å². The highest BCUT2D eigenvalue weighted by Gasteiger charge is 2.21. The zero-order valence-electron chi connectivity index (χ0n) is 9.40. The number of nitrogens with one attached hydrogen (secondary N) is 1. The average Bonchev–Trinajstić information content (AvgIpc) is 2.59. The van der Waals surface area contributed by atoms with Crippen LogP contribution < -0.4 is 11.1 Å². The van der Waals surface area contributed by atoms with Gasteiger partial charge in [0.2, 0.25) is 0 Å². The van der Waals surface area contributed by atoms with E-state index in [1.807, 2.05) is 4.68 Å².